The number of hydrogen-bond donors (Lipinski definition) is 5. The fourth-order valence-electron chi connectivity index (χ4n) is 4.26. The molecule has 1 fully saturated rings. The minimum Gasteiger partial charge on any atom is -0.444 e. The first-order valence-corrected chi connectivity index (χ1v) is 13.1. The fraction of sp³-hybridized carbons (Fsp3) is 0.296. The first-order chi connectivity index (χ1) is 20.7. The van der Waals surface area contributed by atoms with Gasteiger partial charge in [0.05, 0.1) is 31.6 Å². The van der Waals surface area contributed by atoms with Gasteiger partial charge >= 0.3 is 6.18 Å². The van der Waals surface area contributed by atoms with Gasteiger partial charge in [-0.25, -0.2) is 9.97 Å². The van der Waals surface area contributed by atoms with Crippen LogP contribution in [0.5, 0.6) is 0 Å². The number of H-pyrrole nitrogens is 1. The number of ether oxygens (including phenoxy) is 2. The van der Waals surface area contributed by atoms with Crippen molar-refractivity contribution in [3.63, 3.8) is 0 Å². The number of oxazole rings is 1. The van der Waals surface area contributed by atoms with Gasteiger partial charge in [-0.2, -0.15) is 18.3 Å². The van der Waals surface area contributed by atoms with Crippen molar-refractivity contribution in [2.24, 2.45) is 5.73 Å². The van der Waals surface area contributed by atoms with E-state index in [9.17, 15) is 22.8 Å². The highest BCUT2D eigenvalue weighted by Crippen LogP contribution is 2.29. The predicted molar refractivity (Wildman–Crippen MR) is 147 cm³/mol. The Hall–Kier alpha value is -4.80. The van der Waals surface area contributed by atoms with E-state index in [-0.39, 0.29) is 35.7 Å². The highest BCUT2D eigenvalue weighted by atomic mass is 19.4. The lowest BCUT2D eigenvalue weighted by molar-refractivity contribution is -0.115. The summed E-state index contributed by atoms with van der Waals surface area (Å²) in [5.74, 6) is -1.32. The number of anilines is 2. The Bertz CT molecular complexity index is 1580. The Balaban J connectivity index is 1.26. The van der Waals surface area contributed by atoms with E-state index in [0.29, 0.717) is 47.8 Å². The monoisotopic (exact) mass is 600 g/mol. The normalized spacial score (nSPS) is 15.3. The van der Waals surface area contributed by atoms with Crippen LogP contribution in [-0.2, 0) is 16.1 Å². The SMILES string of the molecule is NC(=O)c1cc(-c2n[nH]cc2NC(=O)c2coc(-c3ccnc(NCC(F)(F)F)c3)n2)ccc1COC[C@@H]1CNCCO1. The van der Waals surface area contributed by atoms with Crippen LogP contribution in [0.2, 0.25) is 0 Å². The molecule has 0 aliphatic carbocycles. The number of benzene rings is 1. The van der Waals surface area contributed by atoms with E-state index in [1.165, 1.54) is 24.5 Å². The molecular weight excluding hydrogens is 573 g/mol. The van der Waals surface area contributed by atoms with Gasteiger partial charge in [-0.3, -0.25) is 14.7 Å². The zero-order chi connectivity index (χ0) is 30.4. The van der Waals surface area contributed by atoms with E-state index >= 15 is 0 Å². The molecule has 0 bridgehead atoms. The third-order valence-corrected chi connectivity index (χ3v) is 6.32. The molecule has 0 unspecified atom stereocenters. The topological polar surface area (TPSA) is 182 Å². The van der Waals surface area contributed by atoms with Gasteiger partial charge in [0.2, 0.25) is 11.8 Å². The number of nitrogens with zero attached hydrogens (tertiary/aromatic N) is 3. The molecule has 1 atom stereocenters. The number of nitrogens with one attached hydrogen (secondary N) is 4. The van der Waals surface area contributed by atoms with Crippen LogP contribution in [0.3, 0.4) is 0 Å². The number of aromatic nitrogens is 4. The lowest BCUT2D eigenvalue weighted by Gasteiger charge is -2.23. The summed E-state index contributed by atoms with van der Waals surface area (Å²) < 4.78 is 54.3. The van der Waals surface area contributed by atoms with Gasteiger partial charge in [-0.05, 0) is 23.8 Å². The van der Waals surface area contributed by atoms with E-state index in [1.54, 1.807) is 18.2 Å². The molecule has 4 aromatic rings. The number of rotatable bonds is 11. The molecule has 2 amide bonds. The van der Waals surface area contributed by atoms with Gasteiger partial charge in [-0.1, -0.05) is 12.1 Å². The van der Waals surface area contributed by atoms with Gasteiger partial charge < -0.3 is 35.6 Å². The largest absolute Gasteiger partial charge is 0.444 e. The Morgan fingerprint density at radius 2 is 2.05 bits per heavy atom. The highest BCUT2D eigenvalue weighted by Gasteiger charge is 2.27. The molecule has 1 aliphatic heterocycles. The van der Waals surface area contributed by atoms with Gasteiger partial charge in [0.15, 0.2) is 5.69 Å². The second kappa shape index (κ2) is 13.0. The quantitative estimate of drug-likeness (QED) is 0.172. The zero-order valence-corrected chi connectivity index (χ0v) is 22.5. The molecule has 226 valence electrons. The number of morpholine rings is 1. The Labute approximate surface area is 242 Å². The van der Waals surface area contributed by atoms with E-state index in [1.807, 2.05) is 0 Å². The van der Waals surface area contributed by atoms with E-state index < -0.39 is 24.5 Å². The maximum absolute atomic E-state index is 13.0. The number of pyridine rings is 1. The van der Waals surface area contributed by atoms with Crippen molar-refractivity contribution in [3.8, 4) is 22.7 Å². The summed E-state index contributed by atoms with van der Waals surface area (Å²) in [5, 5.41) is 15.0. The summed E-state index contributed by atoms with van der Waals surface area (Å²) in [6.45, 7) is 1.31. The van der Waals surface area contributed by atoms with Gasteiger partial charge in [0.25, 0.3) is 5.91 Å². The molecule has 3 aromatic heterocycles. The first kappa shape index (κ1) is 29.7. The minimum atomic E-state index is -4.42. The van der Waals surface area contributed by atoms with Gasteiger partial charge in [0, 0.05) is 42.2 Å². The van der Waals surface area contributed by atoms with E-state index in [0.717, 1.165) is 12.8 Å². The second-order valence-corrected chi connectivity index (χ2v) is 9.49. The van der Waals surface area contributed by atoms with Crippen molar-refractivity contribution >= 4 is 23.3 Å². The van der Waals surface area contributed by atoms with E-state index in [2.05, 4.69) is 36.1 Å². The number of amides is 2. The standard InChI is InChI=1S/C27H27F3N8O5/c28-27(29,30)14-34-22-8-16(3-4-33-22)26-37-21(13-43-26)25(40)36-20-10-35-38-23(20)15-1-2-17(19(7-15)24(31)39)11-41-12-18-9-32-5-6-42-18/h1-4,7-8,10,13,18,32H,5-6,9,11-12,14H2,(H2,31,39)(H,33,34)(H,35,38)(H,36,40)/t18-/m0/s1. The molecular formula is C27H27F3N8O5. The smallest absolute Gasteiger partial charge is 0.405 e. The molecule has 0 saturated carbocycles. The number of halogens is 3. The predicted octanol–water partition coefficient (Wildman–Crippen LogP) is 2.96. The molecule has 1 saturated heterocycles. The summed E-state index contributed by atoms with van der Waals surface area (Å²) in [6, 6.07) is 7.78. The molecule has 0 radical (unpaired) electrons. The molecule has 13 nitrogen and oxygen atoms in total. The van der Waals surface area contributed by atoms with Gasteiger partial charge in [-0.15, -0.1) is 0 Å². The number of nitrogens with two attached hydrogens (primary N) is 1. The average Bonchev–Trinajstić information content (AvgIpc) is 3.67. The number of primary amides is 1. The van der Waals surface area contributed by atoms with Crippen LogP contribution in [-0.4, -0.2) is 77.1 Å². The Morgan fingerprint density at radius 3 is 2.81 bits per heavy atom. The molecule has 0 spiro atoms. The van der Waals surface area contributed by atoms with Crippen LogP contribution in [0.4, 0.5) is 24.7 Å². The lowest BCUT2D eigenvalue weighted by Crippen LogP contribution is -2.41. The van der Waals surface area contributed by atoms with Crippen molar-refractivity contribution in [2.45, 2.75) is 18.9 Å². The third kappa shape index (κ3) is 7.73. The summed E-state index contributed by atoms with van der Waals surface area (Å²) in [7, 11) is 0. The summed E-state index contributed by atoms with van der Waals surface area (Å²) in [4.78, 5) is 33.2. The van der Waals surface area contributed by atoms with Crippen molar-refractivity contribution in [3.05, 3.63) is 65.8 Å². The summed E-state index contributed by atoms with van der Waals surface area (Å²) in [5.41, 5.74) is 7.82. The van der Waals surface area contributed by atoms with Crippen LogP contribution in [0, 0.1) is 0 Å². The number of alkyl halides is 3. The Morgan fingerprint density at radius 1 is 1.19 bits per heavy atom. The fourth-order valence-corrected chi connectivity index (χ4v) is 4.26. The molecule has 6 N–H and O–H groups in total. The van der Waals surface area contributed by atoms with Crippen LogP contribution >= 0.6 is 0 Å². The van der Waals surface area contributed by atoms with Crippen molar-refractivity contribution in [1.82, 2.24) is 25.5 Å². The van der Waals surface area contributed by atoms with Crippen LogP contribution in [0.1, 0.15) is 26.4 Å². The van der Waals surface area contributed by atoms with Crippen molar-refractivity contribution in [2.75, 3.05) is 43.5 Å². The minimum absolute atomic E-state index is 0.00486. The van der Waals surface area contributed by atoms with E-state index in [4.69, 9.17) is 19.6 Å². The maximum atomic E-state index is 13.0. The third-order valence-electron chi connectivity index (χ3n) is 6.32. The maximum Gasteiger partial charge on any atom is 0.405 e. The lowest BCUT2D eigenvalue weighted by atomic mass is 10.0. The highest BCUT2D eigenvalue weighted by molar-refractivity contribution is 6.05. The zero-order valence-electron chi connectivity index (χ0n) is 22.5. The molecule has 43 heavy (non-hydrogen) atoms. The molecule has 16 heteroatoms. The molecule has 5 rings (SSSR count). The number of carbonyl (C=O) groups is 2. The number of carbonyl (C=O) groups excluding carboxylic acids is 2. The number of hydrogen-bond acceptors (Lipinski definition) is 10. The number of aromatic amines is 1. The summed E-state index contributed by atoms with van der Waals surface area (Å²) >= 11 is 0. The second-order valence-electron chi connectivity index (χ2n) is 9.49. The molecule has 1 aliphatic rings. The first-order valence-electron chi connectivity index (χ1n) is 13.1. The van der Waals surface area contributed by atoms with Crippen LogP contribution in [0.15, 0.2) is 53.4 Å². The summed E-state index contributed by atoms with van der Waals surface area (Å²) in [6.07, 6.45) is -0.645. The Kier molecular flexibility index (Phi) is 8.98. The van der Waals surface area contributed by atoms with Crippen molar-refractivity contribution in [1.29, 1.82) is 0 Å². The molecule has 4 heterocycles. The van der Waals surface area contributed by atoms with Crippen LogP contribution < -0.4 is 21.7 Å². The van der Waals surface area contributed by atoms with Crippen molar-refractivity contribution < 1.29 is 36.7 Å². The average molecular weight is 601 g/mol. The van der Waals surface area contributed by atoms with Gasteiger partial charge in [0.1, 0.15) is 24.3 Å². The van der Waals surface area contributed by atoms with Crippen LogP contribution in [0.25, 0.3) is 22.7 Å². The molecule has 1 aromatic carbocycles.